The maximum absolute atomic E-state index is 11.5. The van der Waals surface area contributed by atoms with Crippen molar-refractivity contribution < 1.29 is 56.3 Å². The van der Waals surface area contributed by atoms with Gasteiger partial charge in [-0.1, -0.05) is 0 Å². The molecule has 0 aromatic rings. The summed E-state index contributed by atoms with van der Waals surface area (Å²) in [5, 5.41) is 9.81. The zero-order valence-electron chi connectivity index (χ0n) is 11.3. The Morgan fingerprint density at radius 2 is 1.70 bits per heavy atom. The third kappa shape index (κ3) is 6.49. The van der Waals surface area contributed by atoms with E-state index in [9.17, 15) is 23.7 Å². The molecule has 134 valence electrons. The number of hydrogen-bond donors (Lipinski definition) is 5. The quantitative estimate of drug-likeness (QED) is 0.205. The van der Waals surface area contributed by atoms with E-state index in [4.69, 9.17) is 38.9 Å². The molecule has 1 heterocycles. The van der Waals surface area contributed by atoms with E-state index in [1.54, 1.807) is 0 Å². The fourth-order valence-electron chi connectivity index (χ4n) is 1.53. The molecule has 0 amide bonds. The number of aliphatic hydroxyl groups excluding tert-OH is 1. The van der Waals surface area contributed by atoms with Gasteiger partial charge in [-0.3, -0.25) is 4.52 Å². The number of phosphoric acid groups is 3. The van der Waals surface area contributed by atoms with Gasteiger partial charge in [0.1, 0.15) is 20.1 Å². The van der Waals surface area contributed by atoms with Crippen molar-refractivity contribution in [3.05, 3.63) is 0 Å². The molecule has 1 aliphatic heterocycles. The molecule has 0 aliphatic carbocycles. The van der Waals surface area contributed by atoms with Crippen LogP contribution in [0.4, 0.5) is 0 Å². The monoisotopic (exact) mass is 416 g/mol. The molecule has 0 spiro atoms. The first-order chi connectivity index (χ1) is 10.1. The second kappa shape index (κ2) is 7.13. The summed E-state index contributed by atoms with van der Waals surface area (Å²) in [5.74, 6) is 0. The minimum atomic E-state index is -5.61. The highest BCUT2D eigenvalue weighted by molar-refractivity contribution is 7.66. The van der Waals surface area contributed by atoms with Crippen LogP contribution >= 0.6 is 35.1 Å². The molecule has 17 heteroatoms. The summed E-state index contributed by atoms with van der Waals surface area (Å²) in [5.41, 5.74) is 0. The van der Waals surface area contributed by atoms with Gasteiger partial charge in [0, 0.05) is 6.00 Å². The zero-order chi connectivity index (χ0) is 18.3. The molecule has 2 unspecified atom stereocenters. The molecule has 1 fully saturated rings. The number of ether oxygens (including phenoxy) is 1. The molecular formula is C6H13BClO12P3. The molecule has 12 nitrogen and oxygen atoms in total. The van der Waals surface area contributed by atoms with Crippen molar-refractivity contribution in [2.75, 3.05) is 6.61 Å². The average molecular weight is 416 g/mol. The minimum absolute atomic E-state index is 0.832. The summed E-state index contributed by atoms with van der Waals surface area (Å²) < 4.78 is 49.3. The highest BCUT2D eigenvalue weighted by Gasteiger charge is 2.50. The van der Waals surface area contributed by atoms with E-state index in [2.05, 4.69) is 13.1 Å². The molecule has 1 saturated heterocycles. The van der Waals surface area contributed by atoms with Crippen LogP contribution in [0.25, 0.3) is 0 Å². The predicted molar refractivity (Wildman–Crippen MR) is 74.5 cm³/mol. The summed E-state index contributed by atoms with van der Waals surface area (Å²) >= 11 is 5.88. The lowest BCUT2D eigenvalue weighted by atomic mass is 9.85. The first-order valence-corrected chi connectivity index (χ1v) is 10.5. The first kappa shape index (κ1) is 21.7. The van der Waals surface area contributed by atoms with E-state index in [-0.39, 0.29) is 0 Å². The molecule has 23 heavy (non-hydrogen) atoms. The van der Waals surface area contributed by atoms with Gasteiger partial charge in [-0.15, -0.1) is 11.6 Å². The Hall–Kier alpha value is 0.685. The van der Waals surface area contributed by atoms with Crippen molar-refractivity contribution in [2.24, 2.45) is 0 Å². The van der Waals surface area contributed by atoms with Crippen LogP contribution in [0.3, 0.4) is 0 Å². The highest BCUT2D eigenvalue weighted by atomic mass is 35.5. The number of phosphoric ester groups is 1. The lowest BCUT2D eigenvalue weighted by Crippen LogP contribution is -2.41. The fourth-order valence-corrected chi connectivity index (χ4v) is 4.75. The normalized spacial score (nSPS) is 37.3. The van der Waals surface area contributed by atoms with Gasteiger partial charge >= 0.3 is 23.5 Å². The Kier molecular flexibility index (Phi) is 6.73. The van der Waals surface area contributed by atoms with E-state index < -0.39 is 53.2 Å². The van der Waals surface area contributed by atoms with Crippen LogP contribution in [-0.4, -0.2) is 62.2 Å². The average Bonchev–Trinajstić information content (AvgIpc) is 2.45. The van der Waals surface area contributed by atoms with Crippen LogP contribution in [0.2, 0.25) is 0 Å². The molecule has 1 rings (SSSR count). The van der Waals surface area contributed by atoms with Gasteiger partial charge < -0.3 is 29.4 Å². The number of alkyl halides is 1. The Labute approximate surface area is 136 Å². The van der Waals surface area contributed by atoms with Gasteiger partial charge in [-0.2, -0.15) is 8.62 Å². The lowest BCUT2D eigenvalue weighted by Gasteiger charge is -2.23. The van der Waals surface area contributed by atoms with E-state index in [0.29, 0.717) is 0 Å². The number of halogens is 1. The van der Waals surface area contributed by atoms with Crippen molar-refractivity contribution in [3.63, 3.8) is 0 Å². The summed E-state index contributed by atoms with van der Waals surface area (Å²) in [6.45, 7) is 0.510. The van der Waals surface area contributed by atoms with Crippen LogP contribution in [0, 0.1) is 0 Å². The number of hydrogen-bond acceptors (Lipinski definition) is 8. The fraction of sp³-hybridized carbons (Fsp3) is 1.00. The van der Waals surface area contributed by atoms with Gasteiger partial charge in [0.2, 0.25) is 0 Å². The maximum Gasteiger partial charge on any atom is 0.490 e. The van der Waals surface area contributed by atoms with E-state index in [1.165, 1.54) is 6.92 Å². The standard InChI is InChI=1S/C6H13BClO12P3/c1-6(8)4(9)3(18-5(6)7)2-17-22(13,14)20-23(15,16)19-21(10,11)12/h3-5,9H,2H2,1H3,(H,13,14)(H,15,16)(H2,10,11,12)/t3-,4-,5-,6-/m1/s1. The molecule has 1 aliphatic rings. The van der Waals surface area contributed by atoms with Gasteiger partial charge in [0.25, 0.3) is 0 Å². The molecule has 0 aromatic heterocycles. The van der Waals surface area contributed by atoms with Crippen molar-refractivity contribution in [3.8, 4) is 0 Å². The summed E-state index contributed by atoms with van der Waals surface area (Å²) in [7, 11) is -10.9. The van der Waals surface area contributed by atoms with Crippen LogP contribution in [0.1, 0.15) is 6.92 Å². The smallest absolute Gasteiger partial charge is 0.388 e. The Morgan fingerprint density at radius 3 is 2.09 bits per heavy atom. The second-order valence-electron chi connectivity index (χ2n) is 4.58. The summed E-state index contributed by atoms with van der Waals surface area (Å²) in [6, 6.07) is -1.13. The van der Waals surface area contributed by atoms with Crippen LogP contribution in [-0.2, 0) is 31.6 Å². The molecule has 0 saturated carbocycles. The van der Waals surface area contributed by atoms with Gasteiger partial charge in [-0.05, 0) is 6.92 Å². The van der Waals surface area contributed by atoms with E-state index in [1.807, 2.05) is 0 Å². The minimum Gasteiger partial charge on any atom is -0.388 e. The second-order valence-corrected chi connectivity index (χ2v) is 9.81. The van der Waals surface area contributed by atoms with E-state index >= 15 is 0 Å². The third-order valence-electron chi connectivity index (χ3n) is 2.63. The zero-order valence-corrected chi connectivity index (χ0v) is 14.8. The highest BCUT2D eigenvalue weighted by Crippen LogP contribution is 2.66. The maximum atomic E-state index is 11.5. The molecule has 0 aromatic carbocycles. The van der Waals surface area contributed by atoms with Gasteiger partial charge in [-0.25, -0.2) is 13.7 Å². The van der Waals surface area contributed by atoms with Crippen molar-refractivity contribution >= 4 is 42.9 Å². The van der Waals surface area contributed by atoms with Crippen molar-refractivity contribution in [2.45, 2.75) is 30.0 Å². The van der Waals surface area contributed by atoms with E-state index in [0.717, 1.165) is 0 Å². The van der Waals surface area contributed by atoms with Crippen molar-refractivity contribution in [1.82, 2.24) is 0 Å². The Morgan fingerprint density at radius 1 is 1.17 bits per heavy atom. The van der Waals surface area contributed by atoms with Crippen LogP contribution < -0.4 is 0 Å². The van der Waals surface area contributed by atoms with Crippen molar-refractivity contribution in [1.29, 1.82) is 0 Å². The third-order valence-corrected chi connectivity index (χ3v) is 6.87. The SMILES string of the molecule is [B][C@@H]1O[C@H](COP(=O)(O)OP(=O)(O)OP(=O)(O)O)[C@@H](O)[C@@]1(C)Cl. The topological polar surface area (TPSA) is 189 Å². The largest absolute Gasteiger partial charge is 0.490 e. The molecule has 2 radical (unpaired) electrons. The first-order valence-electron chi connectivity index (χ1n) is 5.62. The van der Waals surface area contributed by atoms with Crippen LogP contribution in [0.15, 0.2) is 0 Å². The van der Waals surface area contributed by atoms with Gasteiger partial charge in [0.05, 0.1) is 11.5 Å². The molecular weight excluding hydrogens is 403 g/mol. The molecule has 6 atom stereocenters. The molecule has 0 bridgehead atoms. The summed E-state index contributed by atoms with van der Waals surface area (Å²) in [4.78, 5) is 33.5. The van der Waals surface area contributed by atoms with Gasteiger partial charge in [0.15, 0.2) is 0 Å². The Bertz CT molecular complexity index is 577. The van der Waals surface area contributed by atoms with Crippen LogP contribution in [0.5, 0.6) is 0 Å². The molecule has 5 N–H and O–H groups in total. The predicted octanol–water partition coefficient (Wildman–Crippen LogP) is -0.419. The lowest BCUT2D eigenvalue weighted by molar-refractivity contribution is -0.00468. The number of rotatable bonds is 7. The number of aliphatic hydroxyl groups is 1. The Balaban J connectivity index is 2.65. The summed E-state index contributed by atoms with van der Waals surface area (Å²) in [6.07, 6.45) is -2.68.